The molecule has 2 N–H and O–H groups in total. The summed E-state index contributed by atoms with van der Waals surface area (Å²) in [6.07, 6.45) is 0.651. The van der Waals surface area contributed by atoms with E-state index < -0.39 is 0 Å². The molecule has 0 saturated carbocycles. The van der Waals surface area contributed by atoms with Crippen LogP contribution in [0.1, 0.15) is 12.5 Å². The number of hydrogen-bond acceptors (Lipinski definition) is 4. The molecule has 2 saturated heterocycles. The first kappa shape index (κ1) is 16.7. The standard InChI is InChI=1S/C17H25ClN4O/c1-12-15(11-13-4-3-5-14(18)10-13)16(23)20-17(19-12)22-8-6-21(2)7-9-22/h3-5,10,12,15,17,19H,6-9,11H2,1-2H3,(H,20,23). The maximum Gasteiger partial charge on any atom is 0.227 e. The Labute approximate surface area is 143 Å². The zero-order valence-electron chi connectivity index (χ0n) is 13.8. The van der Waals surface area contributed by atoms with E-state index >= 15 is 0 Å². The predicted molar refractivity (Wildman–Crippen MR) is 92.2 cm³/mol. The minimum atomic E-state index is -0.0721. The van der Waals surface area contributed by atoms with E-state index in [2.05, 4.69) is 34.4 Å². The summed E-state index contributed by atoms with van der Waals surface area (Å²) < 4.78 is 0. The quantitative estimate of drug-likeness (QED) is 0.869. The maximum atomic E-state index is 12.6. The number of hydrogen-bond donors (Lipinski definition) is 2. The third-order valence-electron chi connectivity index (χ3n) is 4.89. The molecule has 2 aliphatic rings. The van der Waals surface area contributed by atoms with Crippen molar-refractivity contribution in [3.8, 4) is 0 Å². The van der Waals surface area contributed by atoms with Crippen LogP contribution in [0.5, 0.6) is 0 Å². The predicted octanol–water partition coefficient (Wildman–Crippen LogP) is 1.14. The van der Waals surface area contributed by atoms with Crippen molar-refractivity contribution in [2.24, 2.45) is 5.92 Å². The van der Waals surface area contributed by atoms with E-state index in [-0.39, 0.29) is 24.2 Å². The molecular formula is C17H25ClN4O. The van der Waals surface area contributed by atoms with Crippen LogP contribution in [-0.2, 0) is 11.2 Å². The van der Waals surface area contributed by atoms with Crippen molar-refractivity contribution < 1.29 is 4.79 Å². The summed E-state index contributed by atoms with van der Waals surface area (Å²) >= 11 is 6.04. The highest BCUT2D eigenvalue weighted by Crippen LogP contribution is 2.20. The van der Waals surface area contributed by atoms with Crippen LogP contribution in [0.15, 0.2) is 24.3 Å². The fourth-order valence-corrected chi connectivity index (χ4v) is 3.55. The average molecular weight is 337 g/mol. The van der Waals surface area contributed by atoms with Gasteiger partial charge < -0.3 is 10.2 Å². The lowest BCUT2D eigenvalue weighted by atomic mass is 9.90. The second-order valence-corrected chi connectivity index (χ2v) is 7.08. The number of rotatable bonds is 3. The number of piperazine rings is 1. The first-order valence-electron chi connectivity index (χ1n) is 8.26. The molecule has 23 heavy (non-hydrogen) atoms. The SMILES string of the molecule is CC1NC(N2CCN(C)CC2)NC(=O)C1Cc1cccc(Cl)c1. The molecule has 0 spiro atoms. The van der Waals surface area contributed by atoms with Gasteiger partial charge in [-0.15, -0.1) is 0 Å². The molecule has 3 atom stereocenters. The lowest BCUT2D eigenvalue weighted by molar-refractivity contribution is -0.132. The smallest absolute Gasteiger partial charge is 0.227 e. The number of benzene rings is 1. The van der Waals surface area contributed by atoms with Gasteiger partial charge in [0, 0.05) is 37.2 Å². The molecular weight excluding hydrogens is 312 g/mol. The van der Waals surface area contributed by atoms with Gasteiger partial charge in [-0.3, -0.25) is 15.0 Å². The maximum absolute atomic E-state index is 12.6. The van der Waals surface area contributed by atoms with Gasteiger partial charge >= 0.3 is 0 Å². The fourth-order valence-electron chi connectivity index (χ4n) is 3.34. The highest BCUT2D eigenvalue weighted by Gasteiger charge is 2.36. The minimum Gasteiger partial charge on any atom is -0.328 e. The fraction of sp³-hybridized carbons (Fsp3) is 0.588. The molecule has 2 heterocycles. The average Bonchev–Trinajstić information content (AvgIpc) is 2.51. The second-order valence-electron chi connectivity index (χ2n) is 6.65. The van der Waals surface area contributed by atoms with E-state index in [9.17, 15) is 4.79 Å². The number of carbonyl (C=O) groups is 1. The Hall–Kier alpha value is -1.14. The Kier molecular flexibility index (Phi) is 5.21. The molecule has 0 radical (unpaired) electrons. The van der Waals surface area contributed by atoms with Gasteiger partial charge in [0.15, 0.2) is 0 Å². The van der Waals surface area contributed by atoms with Crippen LogP contribution in [0.4, 0.5) is 0 Å². The van der Waals surface area contributed by atoms with Crippen LogP contribution in [0.25, 0.3) is 0 Å². The van der Waals surface area contributed by atoms with E-state index in [0.29, 0.717) is 6.42 Å². The molecule has 0 aliphatic carbocycles. The van der Waals surface area contributed by atoms with Crippen molar-refractivity contribution in [3.63, 3.8) is 0 Å². The van der Waals surface area contributed by atoms with Gasteiger partial charge in [-0.2, -0.15) is 0 Å². The Morgan fingerprint density at radius 3 is 2.65 bits per heavy atom. The number of amides is 1. The summed E-state index contributed by atoms with van der Waals surface area (Å²) in [7, 11) is 2.13. The van der Waals surface area contributed by atoms with Crippen LogP contribution in [0.2, 0.25) is 5.02 Å². The van der Waals surface area contributed by atoms with Gasteiger partial charge in [-0.25, -0.2) is 0 Å². The molecule has 1 aromatic rings. The zero-order chi connectivity index (χ0) is 16.4. The molecule has 5 nitrogen and oxygen atoms in total. The van der Waals surface area contributed by atoms with Crippen LogP contribution < -0.4 is 10.6 Å². The molecule has 0 aromatic heterocycles. The van der Waals surface area contributed by atoms with Crippen molar-refractivity contribution in [1.82, 2.24) is 20.4 Å². The van der Waals surface area contributed by atoms with E-state index in [4.69, 9.17) is 11.6 Å². The summed E-state index contributed by atoms with van der Waals surface area (Å²) in [6, 6.07) is 7.89. The van der Waals surface area contributed by atoms with E-state index in [1.807, 2.05) is 24.3 Å². The lowest BCUT2D eigenvalue weighted by Crippen LogP contribution is -2.68. The molecule has 0 bridgehead atoms. The molecule has 3 unspecified atom stereocenters. The summed E-state index contributed by atoms with van der Waals surface area (Å²) in [5.74, 6) is 0.0531. The number of halogens is 1. The highest BCUT2D eigenvalue weighted by atomic mass is 35.5. The van der Waals surface area contributed by atoms with E-state index in [0.717, 1.165) is 36.8 Å². The van der Waals surface area contributed by atoms with Gasteiger partial charge in [-0.1, -0.05) is 23.7 Å². The van der Waals surface area contributed by atoms with E-state index in [1.54, 1.807) is 0 Å². The number of likely N-dealkylation sites (N-methyl/N-ethyl adjacent to an activating group) is 1. The third-order valence-corrected chi connectivity index (χ3v) is 5.12. The molecule has 2 aliphatic heterocycles. The Morgan fingerprint density at radius 2 is 2.00 bits per heavy atom. The lowest BCUT2D eigenvalue weighted by Gasteiger charge is -2.44. The summed E-state index contributed by atoms with van der Waals surface area (Å²) in [5, 5.41) is 7.42. The Morgan fingerprint density at radius 1 is 1.26 bits per heavy atom. The second kappa shape index (κ2) is 7.18. The molecule has 1 aromatic carbocycles. The van der Waals surface area contributed by atoms with Gasteiger partial charge in [0.2, 0.25) is 5.91 Å². The number of carbonyl (C=O) groups excluding carboxylic acids is 1. The van der Waals surface area contributed by atoms with Crippen LogP contribution in [-0.4, -0.2) is 61.3 Å². The van der Waals surface area contributed by atoms with Gasteiger partial charge in [0.05, 0.1) is 5.92 Å². The summed E-state index contributed by atoms with van der Waals surface area (Å²) in [5.41, 5.74) is 1.10. The van der Waals surface area contributed by atoms with Crippen molar-refractivity contribution in [2.45, 2.75) is 25.7 Å². The molecule has 2 fully saturated rings. The topological polar surface area (TPSA) is 47.6 Å². The van der Waals surface area contributed by atoms with Crippen LogP contribution in [0.3, 0.4) is 0 Å². The van der Waals surface area contributed by atoms with Gasteiger partial charge in [0.25, 0.3) is 0 Å². The first-order chi connectivity index (χ1) is 11.0. The first-order valence-corrected chi connectivity index (χ1v) is 8.64. The molecule has 1 amide bonds. The molecule has 126 valence electrons. The monoisotopic (exact) mass is 336 g/mol. The number of nitrogens with zero attached hydrogens (tertiary/aromatic N) is 2. The van der Waals surface area contributed by atoms with Gasteiger partial charge in [-0.05, 0) is 38.1 Å². The van der Waals surface area contributed by atoms with E-state index in [1.165, 1.54) is 0 Å². The highest BCUT2D eigenvalue weighted by molar-refractivity contribution is 6.30. The van der Waals surface area contributed by atoms with Crippen molar-refractivity contribution in [2.75, 3.05) is 33.2 Å². The normalized spacial score (nSPS) is 30.2. The van der Waals surface area contributed by atoms with Crippen LogP contribution in [0, 0.1) is 5.92 Å². The Balaban J connectivity index is 1.62. The summed E-state index contributed by atoms with van der Waals surface area (Å²) in [6.45, 7) is 6.11. The van der Waals surface area contributed by atoms with Crippen molar-refractivity contribution in [1.29, 1.82) is 0 Å². The number of nitrogens with one attached hydrogen (secondary N) is 2. The van der Waals surface area contributed by atoms with Crippen molar-refractivity contribution >= 4 is 17.5 Å². The zero-order valence-corrected chi connectivity index (χ0v) is 14.5. The summed E-state index contributed by atoms with van der Waals surface area (Å²) in [4.78, 5) is 17.2. The van der Waals surface area contributed by atoms with Crippen LogP contribution >= 0.6 is 11.6 Å². The van der Waals surface area contributed by atoms with Crippen molar-refractivity contribution in [3.05, 3.63) is 34.9 Å². The molecule has 6 heteroatoms. The minimum absolute atomic E-state index is 0.0539. The van der Waals surface area contributed by atoms with Gasteiger partial charge in [0.1, 0.15) is 6.29 Å². The Bertz CT molecular complexity index is 559. The largest absolute Gasteiger partial charge is 0.328 e. The third kappa shape index (κ3) is 4.04. The molecule has 3 rings (SSSR count).